The van der Waals surface area contributed by atoms with Crippen molar-refractivity contribution in [3.63, 3.8) is 0 Å². The number of Topliss-reactive ketones (excluding diaryl/α,β-unsaturated/α-hetero) is 1. The van der Waals surface area contributed by atoms with Crippen LogP contribution in [-0.4, -0.2) is 28.1 Å². The zero-order valence-electron chi connectivity index (χ0n) is 13.6. The van der Waals surface area contributed by atoms with Gasteiger partial charge in [0.1, 0.15) is 0 Å². The molecule has 4 nitrogen and oxygen atoms in total. The van der Waals surface area contributed by atoms with Crippen LogP contribution in [0.25, 0.3) is 0 Å². The molecule has 0 heterocycles. The van der Waals surface area contributed by atoms with E-state index < -0.39 is 17.9 Å². The molecule has 0 saturated heterocycles. The summed E-state index contributed by atoms with van der Waals surface area (Å²) in [6.07, 6.45) is 6.94. The lowest BCUT2D eigenvalue weighted by atomic mass is 9.95. The summed E-state index contributed by atoms with van der Waals surface area (Å²) in [5.74, 6) is -1.50. The van der Waals surface area contributed by atoms with Crippen molar-refractivity contribution in [1.82, 2.24) is 0 Å². The van der Waals surface area contributed by atoms with Gasteiger partial charge in [-0.3, -0.25) is 4.79 Å². The van der Waals surface area contributed by atoms with Gasteiger partial charge in [-0.1, -0.05) is 51.3 Å². The van der Waals surface area contributed by atoms with Crippen molar-refractivity contribution in [2.45, 2.75) is 51.6 Å². The van der Waals surface area contributed by atoms with E-state index in [9.17, 15) is 14.7 Å². The maximum Gasteiger partial charge on any atom is 0.335 e. The molecule has 0 aliphatic rings. The molecular weight excluding hydrogens is 292 g/mol. The SMILES string of the molecule is C=C(C(=O)c1cccc(C(=O)O)c1)[C@@H](O)CC[CH]CCCCC. The highest BCUT2D eigenvalue weighted by atomic mass is 16.4. The zero-order valence-corrected chi connectivity index (χ0v) is 13.6. The van der Waals surface area contributed by atoms with E-state index in [1.807, 2.05) is 0 Å². The second kappa shape index (κ2) is 9.95. The molecule has 0 aliphatic heterocycles. The number of carboxylic acid groups (broad SMARTS) is 1. The first kappa shape index (κ1) is 19.1. The lowest BCUT2D eigenvalue weighted by Crippen LogP contribution is -2.17. The number of hydrogen-bond acceptors (Lipinski definition) is 3. The van der Waals surface area contributed by atoms with Gasteiger partial charge < -0.3 is 10.2 Å². The number of aliphatic hydroxyl groups excluding tert-OH is 1. The highest BCUT2D eigenvalue weighted by Crippen LogP contribution is 2.17. The quantitative estimate of drug-likeness (QED) is 0.367. The smallest absolute Gasteiger partial charge is 0.335 e. The molecule has 0 amide bonds. The van der Waals surface area contributed by atoms with E-state index in [0.29, 0.717) is 6.42 Å². The fourth-order valence-corrected chi connectivity index (χ4v) is 2.26. The summed E-state index contributed by atoms with van der Waals surface area (Å²) in [5, 5.41) is 19.0. The van der Waals surface area contributed by atoms with Crippen molar-refractivity contribution in [1.29, 1.82) is 0 Å². The Kier molecular flexibility index (Phi) is 8.27. The predicted molar refractivity (Wildman–Crippen MR) is 90.6 cm³/mol. The Bertz CT molecular complexity index is 548. The largest absolute Gasteiger partial charge is 0.478 e. The molecule has 23 heavy (non-hydrogen) atoms. The van der Waals surface area contributed by atoms with Gasteiger partial charge in [0.15, 0.2) is 5.78 Å². The number of rotatable bonds is 11. The monoisotopic (exact) mass is 317 g/mol. The Morgan fingerprint density at radius 3 is 2.57 bits per heavy atom. The molecule has 0 saturated carbocycles. The third-order valence-corrected chi connectivity index (χ3v) is 3.72. The predicted octanol–water partition coefficient (Wildman–Crippen LogP) is 4.05. The van der Waals surface area contributed by atoms with Crippen LogP contribution in [0.3, 0.4) is 0 Å². The van der Waals surface area contributed by atoms with E-state index in [4.69, 9.17) is 5.11 Å². The number of benzene rings is 1. The van der Waals surface area contributed by atoms with Crippen LogP contribution in [0.15, 0.2) is 36.4 Å². The Morgan fingerprint density at radius 2 is 1.91 bits per heavy atom. The van der Waals surface area contributed by atoms with Crippen molar-refractivity contribution >= 4 is 11.8 Å². The first-order valence-electron chi connectivity index (χ1n) is 8.04. The molecule has 1 aromatic rings. The van der Waals surface area contributed by atoms with E-state index in [-0.39, 0.29) is 16.7 Å². The number of carboxylic acids is 1. The van der Waals surface area contributed by atoms with Gasteiger partial charge in [0.05, 0.1) is 11.7 Å². The minimum absolute atomic E-state index is 0.0439. The van der Waals surface area contributed by atoms with E-state index in [1.54, 1.807) is 0 Å². The van der Waals surface area contributed by atoms with Gasteiger partial charge in [-0.05, 0) is 31.4 Å². The third kappa shape index (κ3) is 6.37. The first-order chi connectivity index (χ1) is 11.0. The van der Waals surface area contributed by atoms with Crippen LogP contribution >= 0.6 is 0 Å². The average Bonchev–Trinajstić information content (AvgIpc) is 2.56. The Balaban J connectivity index is 2.50. The number of aliphatic hydroxyl groups is 1. The van der Waals surface area contributed by atoms with Crippen molar-refractivity contribution in [3.05, 3.63) is 54.0 Å². The van der Waals surface area contributed by atoms with Crippen LogP contribution in [0.4, 0.5) is 0 Å². The van der Waals surface area contributed by atoms with E-state index in [2.05, 4.69) is 19.9 Å². The standard InChI is InChI=1S/C19H25O4/c1-3-4-5-6-7-8-12-17(20)14(2)18(21)15-10-9-11-16(13-15)19(22)23/h7,9-11,13,17,20H,2-6,8,12H2,1H3,(H,22,23)/t17-/m0/s1. The summed E-state index contributed by atoms with van der Waals surface area (Å²) in [6.45, 7) is 5.82. The lowest BCUT2D eigenvalue weighted by molar-refractivity contribution is 0.0697. The van der Waals surface area contributed by atoms with E-state index in [1.165, 1.54) is 37.1 Å². The summed E-state index contributed by atoms with van der Waals surface area (Å²) in [6, 6.07) is 5.77. The number of unbranched alkanes of at least 4 members (excludes halogenated alkanes) is 5. The molecule has 0 bridgehead atoms. The van der Waals surface area contributed by atoms with Crippen LogP contribution in [0, 0.1) is 6.42 Å². The number of ketones is 1. The summed E-state index contributed by atoms with van der Waals surface area (Å²) in [4.78, 5) is 23.2. The van der Waals surface area contributed by atoms with Crippen LogP contribution in [0.2, 0.25) is 0 Å². The summed E-state index contributed by atoms with van der Waals surface area (Å²) in [5.41, 5.74) is 0.387. The van der Waals surface area contributed by atoms with Crippen LogP contribution in [-0.2, 0) is 0 Å². The summed E-state index contributed by atoms with van der Waals surface area (Å²) >= 11 is 0. The van der Waals surface area contributed by atoms with E-state index in [0.717, 1.165) is 19.3 Å². The average molecular weight is 317 g/mol. The minimum atomic E-state index is -1.09. The van der Waals surface area contributed by atoms with Gasteiger partial charge in [-0.25, -0.2) is 4.79 Å². The molecule has 0 aliphatic carbocycles. The maximum absolute atomic E-state index is 12.3. The Morgan fingerprint density at radius 1 is 1.22 bits per heavy atom. The third-order valence-electron chi connectivity index (χ3n) is 3.72. The second-order valence-corrected chi connectivity index (χ2v) is 5.62. The number of carbonyl (C=O) groups excluding carboxylic acids is 1. The van der Waals surface area contributed by atoms with Crippen molar-refractivity contribution in [2.75, 3.05) is 0 Å². The van der Waals surface area contributed by atoms with Crippen molar-refractivity contribution in [2.24, 2.45) is 0 Å². The van der Waals surface area contributed by atoms with Crippen LogP contribution in [0.1, 0.15) is 66.2 Å². The van der Waals surface area contributed by atoms with Gasteiger partial charge in [0.2, 0.25) is 0 Å². The molecule has 0 aromatic heterocycles. The van der Waals surface area contributed by atoms with Gasteiger partial charge >= 0.3 is 5.97 Å². The fraction of sp³-hybridized carbons (Fsp3) is 0.421. The fourth-order valence-electron chi connectivity index (χ4n) is 2.26. The molecular formula is C19H25O4. The maximum atomic E-state index is 12.3. The number of carbonyl (C=O) groups is 2. The summed E-state index contributed by atoms with van der Waals surface area (Å²) < 4.78 is 0. The summed E-state index contributed by atoms with van der Waals surface area (Å²) in [7, 11) is 0. The van der Waals surface area contributed by atoms with Crippen molar-refractivity contribution < 1.29 is 19.8 Å². The molecule has 1 radical (unpaired) electrons. The molecule has 125 valence electrons. The zero-order chi connectivity index (χ0) is 17.2. The molecule has 0 fully saturated rings. The van der Waals surface area contributed by atoms with Crippen molar-refractivity contribution in [3.8, 4) is 0 Å². The van der Waals surface area contributed by atoms with Gasteiger partial charge in [0, 0.05) is 11.1 Å². The lowest BCUT2D eigenvalue weighted by Gasteiger charge is -2.13. The topological polar surface area (TPSA) is 74.6 Å². The molecule has 1 aromatic carbocycles. The molecule has 0 unspecified atom stereocenters. The second-order valence-electron chi connectivity index (χ2n) is 5.62. The van der Waals surface area contributed by atoms with Gasteiger partial charge in [-0.15, -0.1) is 0 Å². The number of hydrogen-bond donors (Lipinski definition) is 2. The van der Waals surface area contributed by atoms with Crippen LogP contribution in [0.5, 0.6) is 0 Å². The van der Waals surface area contributed by atoms with Crippen LogP contribution < -0.4 is 0 Å². The molecule has 4 heteroatoms. The van der Waals surface area contributed by atoms with E-state index >= 15 is 0 Å². The Labute approximate surface area is 137 Å². The Hall–Kier alpha value is -1.94. The molecule has 2 N–H and O–H groups in total. The number of aromatic carboxylic acids is 1. The minimum Gasteiger partial charge on any atom is -0.478 e. The van der Waals surface area contributed by atoms with Gasteiger partial charge in [0.25, 0.3) is 0 Å². The van der Waals surface area contributed by atoms with Gasteiger partial charge in [-0.2, -0.15) is 0 Å². The molecule has 0 spiro atoms. The normalized spacial score (nSPS) is 11.9. The first-order valence-corrected chi connectivity index (χ1v) is 8.04. The molecule has 1 rings (SSSR count). The highest BCUT2D eigenvalue weighted by molar-refractivity contribution is 6.09. The highest BCUT2D eigenvalue weighted by Gasteiger charge is 2.18. The molecule has 1 atom stereocenters.